The fraction of sp³-hybridized carbons (Fsp3) is 0.692. The first-order valence-corrected chi connectivity index (χ1v) is 6.38. The Kier molecular flexibility index (Phi) is 5.50. The number of aryl methyl sites for hydroxylation is 2. The van der Waals surface area contributed by atoms with E-state index in [-0.39, 0.29) is 17.7 Å². The molecular weight excluding hydrogens is 230 g/mol. The van der Waals surface area contributed by atoms with Crippen LogP contribution in [0.5, 0.6) is 0 Å². The quantitative estimate of drug-likeness (QED) is 0.805. The number of aromatic nitrogens is 2. The van der Waals surface area contributed by atoms with Gasteiger partial charge in [0.2, 0.25) is 0 Å². The molecule has 18 heavy (non-hydrogen) atoms. The van der Waals surface area contributed by atoms with E-state index < -0.39 is 0 Å². The zero-order chi connectivity index (χ0) is 13.7. The van der Waals surface area contributed by atoms with Gasteiger partial charge in [-0.25, -0.2) is 4.98 Å². The summed E-state index contributed by atoms with van der Waals surface area (Å²) in [7, 11) is 0. The van der Waals surface area contributed by atoms with E-state index in [1.165, 1.54) is 0 Å². The summed E-state index contributed by atoms with van der Waals surface area (Å²) in [6, 6.07) is -0.0373. The Balaban J connectivity index is 2.73. The second-order valence-electron chi connectivity index (χ2n) is 4.55. The maximum atomic E-state index is 11.9. The van der Waals surface area contributed by atoms with E-state index in [0.717, 1.165) is 5.69 Å². The molecule has 0 aliphatic carbocycles. The highest BCUT2D eigenvalue weighted by molar-refractivity contribution is 5.19. The van der Waals surface area contributed by atoms with E-state index >= 15 is 0 Å². The molecule has 1 aromatic rings. The molecule has 2 atom stereocenters. The third-order valence-corrected chi connectivity index (χ3v) is 2.86. The number of hydrogen-bond donors (Lipinski definition) is 2. The van der Waals surface area contributed by atoms with E-state index in [9.17, 15) is 4.79 Å². The van der Waals surface area contributed by atoms with Gasteiger partial charge in [0, 0.05) is 24.9 Å². The molecule has 0 amide bonds. The molecule has 5 heteroatoms. The Morgan fingerprint density at radius 3 is 2.61 bits per heavy atom. The van der Waals surface area contributed by atoms with E-state index in [0.29, 0.717) is 24.5 Å². The highest BCUT2D eigenvalue weighted by Crippen LogP contribution is 2.10. The molecule has 2 unspecified atom stereocenters. The molecule has 0 saturated heterocycles. The van der Waals surface area contributed by atoms with Crippen molar-refractivity contribution in [2.45, 2.75) is 46.8 Å². The van der Waals surface area contributed by atoms with Gasteiger partial charge in [0.15, 0.2) is 0 Å². The molecule has 0 fully saturated rings. The Labute approximate surface area is 108 Å². The largest absolute Gasteiger partial charge is 0.377 e. The minimum absolute atomic E-state index is 0.0373. The van der Waals surface area contributed by atoms with Gasteiger partial charge in [0.25, 0.3) is 5.56 Å². The maximum Gasteiger partial charge on any atom is 0.255 e. The monoisotopic (exact) mass is 253 g/mol. The second-order valence-corrected chi connectivity index (χ2v) is 4.55. The molecule has 5 nitrogen and oxygen atoms in total. The minimum Gasteiger partial charge on any atom is -0.377 e. The number of aromatic amines is 1. The summed E-state index contributed by atoms with van der Waals surface area (Å²) in [6.07, 6.45) is 0.134. The number of nitrogens with zero attached hydrogens (tertiary/aromatic N) is 1. The maximum absolute atomic E-state index is 11.9. The van der Waals surface area contributed by atoms with Crippen molar-refractivity contribution in [1.82, 2.24) is 15.3 Å². The summed E-state index contributed by atoms with van der Waals surface area (Å²) in [4.78, 5) is 18.9. The average Bonchev–Trinajstić information content (AvgIpc) is 2.25. The van der Waals surface area contributed by atoms with Gasteiger partial charge in [-0.15, -0.1) is 0 Å². The SMILES string of the molecule is CCOC(C)CNC(C)c1c(C)nc(C)[nH]c1=O. The third kappa shape index (κ3) is 3.92. The van der Waals surface area contributed by atoms with Crippen molar-refractivity contribution in [3.05, 3.63) is 27.4 Å². The Bertz CT molecular complexity index is 442. The second kappa shape index (κ2) is 6.66. The zero-order valence-corrected chi connectivity index (χ0v) is 11.8. The summed E-state index contributed by atoms with van der Waals surface area (Å²) in [5.41, 5.74) is 1.41. The van der Waals surface area contributed by atoms with Crippen LogP contribution in [0.15, 0.2) is 4.79 Å². The topological polar surface area (TPSA) is 67.0 Å². The lowest BCUT2D eigenvalue weighted by molar-refractivity contribution is 0.0743. The lowest BCUT2D eigenvalue weighted by Crippen LogP contribution is -2.33. The highest BCUT2D eigenvalue weighted by atomic mass is 16.5. The molecule has 0 aliphatic rings. The van der Waals surface area contributed by atoms with Crippen molar-refractivity contribution in [1.29, 1.82) is 0 Å². The third-order valence-electron chi connectivity index (χ3n) is 2.86. The van der Waals surface area contributed by atoms with E-state index in [1.54, 1.807) is 6.92 Å². The summed E-state index contributed by atoms with van der Waals surface area (Å²) in [5, 5.41) is 3.30. The lowest BCUT2D eigenvalue weighted by Gasteiger charge is -2.18. The summed E-state index contributed by atoms with van der Waals surface area (Å²) in [5.74, 6) is 0.649. The Morgan fingerprint density at radius 1 is 1.39 bits per heavy atom. The zero-order valence-electron chi connectivity index (χ0n) is 11.8. The van der Waals surface area contributed by atoms with Crippen molar-refractivity contribution in [3.8, 4) is 0 Å². The summed E-state index contributed by atoms with van der Waals surface area (Å²) in [6.45, 7) is 11.0. The van der Waals surface area contributed by atoms with Gasteiger partial charge in [0.05, 0.1) is 11.7 Å². The van der Waals surface area contributed by atoms with Crippen LogP contribution in [-0.4, -0.2) is 29.2 Å². The summed E-state index contributed by atoms with van der Waals surface area (Å²) >= 11 is 0. The fourth-order valence-electron chi connectivity index (χ4n) is 2.03. The first-order chi connectivity index (χ1) is 8.45. The van der Waals surface area contributed by atoms with E-state index in [4.69, 9.17) is 4.74 Å². The van der Waals surface area contributed by atoms with Crippen LogP contribution in [0.3, 0.4) is 0 Å². The molecule has 0 bridgehead atoms. The standard InChI is InChI=1S/C13H23N3O2/c1-6-18-8(2)7-14-9(3)12-10(4)15-11(5)16-13(12)17/h8-9,14H,6-7H2,1-5H3,(H,15,16,17). The van der Waals surface area contributed by atoms with E-state index in [1.807, 2.05) is 27.7 Å². The smallest absolute Gasteiger partial charge is 0.255 e. The van der Waals surface area contributed by atoms with Crippen LogP contribution < -0.4 is 10.9 Å². The van der Waals surface area contributed by atoms with Crippen LogP contribution in [0.2, 0.25) is 0 Å². The molecule has 0 spiro atoms. The molecule has 0 radical (unpaired) electrons. The van der Waals surface area contributed by atoms with Gasteiger partial charge >= 0.3 is 0 Å². The van der Waals surface area contributed by atoms with Crippen LogP contribution >= 0.6 is 0 Å². The number of ether oxygens (including phenoxy) is 1. The van der Waals surface area contributed by atoms with Crippen LogP contribution in [-0.2, 0) is 4.74 Å². The lowest BCUT2D eigenvalue weighted by atomic mass is 10.1. The predicted octanol–water partition coefficient (Wildman–Crippen LogP) is 1.46. The van der Waals surface area contributed by atoms with Crippen molar-refractivity contribution >= 4 is 0 Å². The van der Waals surface area contributed by atoms with Crippen LogP contribution in [0.4, 0.5) is 0 Å². The van der Waals surface area contributed by atoms with Gasteiger partial charge in [-0.2, -0.15) is 0 Å². The number of hydrogen-bond acceptors (Lipinski definition) is 4. The minimum atomic E-state index is -0.0657. The molecule has 102 valence electrons. The van der Waals surface area contributed by atoms with Gasteiger partial charge in [0.1, 0.15) is 5.82 Å². The Hall–Kier alpha value is -1.20. The Morgan fingerprint density at radius 2 is 2.06 bits per heavy atom. The molecular formula is C13H23N3O2. The van der Waals surface area contributed by atoms with Crippen LogP contribution in [0.1, 0.15) is 43.9 Å². The van der Waals surface area contributed by atoms with Gasteiger partial charge < -0.3 is 15.0 Å². The normalized spacial score (nSPS) is 14.5. The molecule has 1 aromatic heterocycles. The van der Waals surface area contributed by atoms with Gasteiger partial charge in [-0.05, 0) is 34.6 Å². The van der Waals surface area contributed by atoms with Crippen molar-refractivity contribution in [2.24, 2.45) is 0 Å². The molecule has 2 N–H and O–H groups in total. The van der Waals surface area contributed by atoms with E-state index in [2.05, 4.69) is 15.3 Å². The molecule has 0 aliphatic heterocycles. The first-order valence-electron chi connectivity index (χ1n) is 6.38. The highest BCUT2D eigenvalue weighted by Gasteiger charge is 2.15. The molecule has 1 heterocycles. The van der Waals surface area contributed by atoms with Crippen molar-refractivity contribution < 1.29 is 4.74 Å². The molecule has 0 saturated carbocycles. The van der Waals surface area contributed by atoms with Gasteiger partial charge in [-0.1, -0.05) is 0 Å². The van der Waals surface area contributed by atoms with Crippen LogP contribution in [0, 0.1) is 13.8 Å². The van der Waals surface area contributed by atoms with Crippen LogP contribution in [0.25, 0.3) is 0 Å². The number of H-pyrrole nitrogens is 1. The predicted molar refractivity (Wildman–Crippen MR) is 71.8 cm³/mol. The average molecular weight is 253 g/mol. The fourth-order valence-corrected chi connectivity index (χ4v) is 2.03. The van der Waals surface area contributed by atoms with Gasteiger partial charge in [-0.3, -0.25) is 4.79 Å². The number of nitrogens with one attached hydrogen (secondary N) is 2. The number of rotatable bonds is 6. The molecule has 1 rings (SSSR count). The summed E-state index contributed by atoms with van der Waals surface area (Å²) < 4.78 is 5.44. The first kappa shape index (κ1) is 14.9. The van der Waals surface area contributed by atoms with Crippen molar-refractivity contribution in [3.63, 3.8) is 0 Å². The molecule has 0 aromatic carbocycles. The van der Waals surface area contributed by atoms with Crippen molar-refractivity contribution in [2.75, 3.05) is 13.2 Å².